The molecule has 0 fully saturated rings. The van der Waals surface area contributed by atoms with Gasteiger partial charge in [0.25, 0.3) is 0 Å². The van der Waals surface area contributed by atoms with Crippen LogP contribution in [0, 0.1) is 0 Å². The predicted molar refractivity (Wildman–Crippen MR) is 87.2 cm³/mol. The summed E-state index contributed by atoms with van der Waals surface area (Å²) in [6.07, 6.45) is 0.394. The Labute approximate surface area is 140 Å². The Kier molecular flexibility index (Phi) is 6.77. The molecule has 1 aromatic carbocycles. The van der Waals surface area contributed by atoms with Crippen LogP contribution in [0.15, 0.2) is 12.1 Å². The molecule has 0 aliphatic heterocycles. The first-order valence-electron chi connectivity index (χ1n) is 6.45. The fraction of sp³-hybridized carbons (Fsp3) is 0.462. The molecule has 1 amide bonds. The summed E-state index contributed by atoms with van der Waals surface area (Å²) in [6.45, 7) is 0.0307. The Hall–Kier alpha value is -1.87. The van der Waals surface area contributed by atoms with Crippen LogP contribution in [0.25, 0.3) is 0 Å². The van der Waals surface area contributed by atoms with E-state index in [4.69, 9.17) is 21.1 Å². The quantitative estimate of drug-likeness (QED) is 0.785. The van der Waals surface area contributed by atoms with Crippen molar-refractivity contribution in [2.45, 2.75) is 0 Å². The number of alkyl carbamates (subject to hydrolysis) is 1. The number of carbonyl (C=O) groups excluding carboxylic acids is 1. The summed E-state index contributed by atoms with van der Waals surface area (Å²) >= 11 is 6.02. The first kappa shape index (κ1) is 19.2. The topological polar surface area (TPSA) is 94.2 Å². The van der Waals surface area contributed by atoms with Crippen molar-refractivity contribution in [3.05, 3.63) is 17.2 Å². The van der Waals surface area contributed by atoms with Crippen LogP contribution in [0.3, 0.4) is 0 Å². The van der Waals surface area contributed by atoms with E-state index in [9.17, 15) is 13.2 Å². The van der Waals surface area contributed by atoms with Crippen LogP contribution in [0.5, 0.6) is 11.5 Å². The first-order valence-corrected chi connectivity index (χ1v) is 8.68. The normalized spacial score (nSPS) is 10.8. The summed E-state index contributed by atoms with van der Waals surface area (Å²) in [7, 11) is 0.404. The van der Waals surface area contributed by atoms with Gasteiger partial charge in [0.1, 0.15) is 11.5 Å². The molecule has 0 saturated carbocycles. The van der Waals surface area contributed by atoms with E-state index in [0.717, 1.165) is 10.6 Å². The molecule has 0 aromatic heterocycles. The number of carbonyl (C=O) groups is 1. The fourth-order valence-corrected chi connectivity index (χ4v) is 2.99. The summed E-state index contributed by atoms with van der Waals surface area (Å²) in [5.41, 5.74) is 0.253. The van der Waals surface area contributed by atoms with Crippen molar-refractivity contribution >= 4 is 33.4 Å². The number of nitrogens with zero attached hydrogens (tertiary/aromatic N) is 1. The van der Waals surface area contributed by atoms with E-state index in [1.54, 1.807) is 0 Å². The molecule has 1 aromatic rings. The van der Waals surface area contributed by atoms with Crippen LogP contribution in [-0.4, -0.2) is 55.2 Å². The molecule has 8 nitrogen and oxygen atoms in total. The molecular formula is C13H19ClN2O6S. The molecule has 0 unspecified atom stereocenters. The predicted octanol–water partition coefficient (Wildman–Crippen LogP) is 1.48. The number of amides is 1. The second-order valence-corrected chi connectivity index (χ2v) is 6.73. The standard InChI is InChI=1S/C13H19ClN2O6S/c1-20-11-8-10(12(21-2)7-9(11)14)16(23(4,18)19)6-5-15-13(17)22-3/h7-8H,5-6H2,1-4H3,(H,15,17). The molecule has 1 N–H and O–H groups in total. The molecule has 0 spiro atoms. The van der Waals surface area contributed by atoms with Crippen LogP contribution < -0.4 is 19.1 Å². The smallest absolute Gasteiger partial charge is 0.406 e. The monoisotopic (exact) mass is 366 g/mol. The van der Waals surface area contributed by atoms with Crippen LogP contribution in [-0.2, 0) is 14.8 Å². The fourth-order valence-electron chi connectivity index (χ4n) is 1.84. The van der Waals surface area contributed by atoms with Crippen molar-refractivity contribution < 1.29 is 27.4 Å². The average Bonchev–Trinajstić information content (AvgIpc) is 2.50. The minimum Gasteiger partial charge on any atom is -0.495 e. The first-order chi connectivity index (χ1) is 10.7. The lowest BCUT2D eigenvalue weighted by atomic mass is 10.2. The van der Waals surface area contributed by atoms with E-state index in [0.29, 0.717) is 5.75 Å². The van der Waals surface area contributed by atoms with Gasteiger partial charge in [0.05, 0.1) is 44.8 Å². The summed E-state index contributed by atoms with van der Waals surface area (Å²) in [5, 5.41) is 2.70. The molecule has 130 valence electrons. The number of anilines is 1. The number of rotatable bonds is 7. The number of methoxy groups -OCH3 is 3. The number of hydrogen-bond donors (Lipinski definition) is 1. The lowest BCUT2D eigenvalue weighted by Gasteiger charge is -2.25. The molecule has 23 heavy (non-hydrogen) atoms. The van der Waals surface area contributed by atoms with Crippen LogP contribution in [0.1, 0.15) is 0 Å². The van der Waals surface area contributed by atoms with Gasteiger partial charge in [0, 0.05) is 18.7 Å². The number of benzene rings is 1. The lowest BCUT2D eigenvalue weighted by molar-refractivity contribution is 0.171. The van der Waals surface area contributed by atoms with Gasteiger partial charge in [0.15, 0.2) is 0 Å². The van der Waals surface area contributed by atoms with Gasteiger partial charge >= 0.3 is 6.09 Å². The third-order valence-electron chi connectivity index (χ3n) is 2.89. The summed E-state index contributed by atoms with van der Waals surface area (Å²) in [4.78, 5) is 11.1. The van der Waals surface area contributed by atoms with E-state index in [-0.39, 0.29) is 29.5 Å². The molecule has 0 heterocycles. The maximum absolute atomic E-state index is 12.1. The second-order valence-electron chi connectivity index (χ2n) is 4.41. The molecular weight excluding hydrogens is 348 g/mol. The van der Waals surface area contributed by atoms with Gasteiger partial charge in [-0.2, -0.15) is 0 Å². The van der Waals surface area contributed by atoms with E-state index in [1.807, 2.05) is 0 Å². The Balaban J connectivity index is 3.19. The van der Waals surface area contributed by atoms with Crippen molar-refractivity contribution in [2.75, 3.05) is 45.0 Å². The minimum absolute atomic E-state index is 0.0188. The van der Waals surface area contributed by atoms with E-state index in [1.165, 1.54) is 33.5 Å². The number of sulfonamides is 1. The van der Waals surface area contributed by atoms with E-state index >= 15 is 0 Å². The summed E-state index contributed by atoms with van der Waals surface area (Å²) in [6, 6.07) is 2.92. The van der Waals surface area contributed by atoms with Gasteiger partial charge in [-0.3, -0.25) is 4.31 Å². The van der Waals surface area contributed by atoms with Gasteiger partial charge in [0.2, 0.25) is 10.0 Å². The molecule has 0 bridgehead atoms. The highest BCUT2D eigenvalue weighted by Crippen LogP contribution is 2.38. The molecule has 10 heteroatoms. The van der Waals surface area contributed by atoms with Crippen molar-refractivity contribution in [1.82, 2.24) is 5.32 Å². The van der Waals surface area contributed by atoms with Crippen LogP contribution >= 0.6 is 11.6 Å². The minimum atomic E-state index is -3.63. The zero-order valence-corrected chi connectivity index (χ0v) is 14.8. The summed E-state index contributed by atoms with van der Waals surface area (Å²) < 4.78 is 40.0. The third-order valence-corrected chi connectivity index (χ3v) is 4.37. The SMILES string of the molecule is COC(=O)NCCN(c1cc(OC)c(Cl)cc1OC)S(C)(=O)=O. The molecule has 0 saturated heterocycles. The van der Waals surface area contributed by atoms with Crippen molar-refractivity contribution in [2.24, 2.45) is 0 Å². The van der Waals surface area contributed by atoms with Gasteiger partial charge in [-0.15, -0.1) is 0 Å². The van der Waals surface area contributed by atoms with E-state index in [2.05, 4.69) is 10.1 Å². The molecule has 0 atom stereocenters. The highest BCUT2D eigenvalue weighted by molar-refractivity contribution is 7.92. The largest absolute Gasteiger partial charge is 0.495 e. The molecule has 0 radical (unpaired) electrons. The van der Waals surface area contributed by atoms with Crippen molar-refractivity contribution in [3.8, 4) is 11.5 Å². The Morgan fingerprint density at radius 3 is 2.30 bits per heavy atom. The number of nitrogens with one attached hydrogen (secondary N) is 1. The number of halogens is 1. The van der Waals surface area contributed by atoms with Gasteiger partial charge in [-0.1, -0.05) is 11.6 Å². The average molecular weight is 367 g/mol. The molecule has 1 rings (SSSR count). The molecule has 0 aliphatic carbocycles. The zero-order chi connectivity index (χ0) is 17.6. The highest BCUT2D eigenvalue weighted by atomic mass is 35.5. The van der Waals surface area contributed by atoms with Gasteiger partial charge < -0.3 is 19.5 Å². The van der Waals surface area contributed by atoms with Crippen LogP contribution in [0.2, 0.25) is 5.02 Å². The van der Waals surface area contributed by atoms with E-state index < -0.39 is 16.1 Å². The highest BCUT2D eigenvalue weighted by Gasteiger charge is 2.23. The maximum atomic E-state index is 12.1. The van der Waals surface area contributed by atoms with Gasteiger partial charge in [-0.25, -0.2) is 13.2 Å². The molecule has 0 aliphatic rings. The lowest BCUT2D eigenvalue weighted by Crippen LogP contribution is -2.38. The van der Waals surface area contributed by atoms with Gasteiger partial charge in [-0.05, 0) is 0 Å². The Morgan fingerprint density at radius 1 is 1.22 bits per heavy atom. The third kappa shape index (κ3) is 5.07. The summed E-state index contributed by atoms with van der Waals surface area (Å²) in [5.74, 6) is 0.566. The van der Waals surface area contributed by atoms with Crippen LogP contribution in [0.4, 0.5) is 10.5 Å². The van der Waals surface area contributed by atoms with Crippen molar-refractivity contribution in [1.29, 1.82) is 0 Å². The zero-order valence-electron chi connectivity index (χ0n) is 13.3. The Morgan fingerprint density at radius 2 is 1.83 bits per heavy atom. The number of hydrogen-bond acceptors (Lipinski definition) is 6. The van der Waals surface area contributed by atoms with Crippen molar-refractivity contribution in [3.63, 3.8) is 0 Å². The Bertz CT molecular complexity index is 665. The maximum Gasteiger partial charge on any atom is 0.406 e. The second kappa shape index (κ2) is 8.11. The number of ether oxygens (including phenoxy) is 3.